The Morgan fingerprint density at radius 2 is 1.94 bits per heavy atom. The molecule has 36 heavy (non-hydrogen) atoms. The number of nitrogens with zero attached hydrogens (tertiary/aromatic N) is 3. The standard InChI is InChI=1S/C26H26ClF2N3O4/c27-23-20(28)8-5-16(24(23)29)12-32-21-13-31(11-9-18(21)19-2-1-10-30-25(19)32)22(33)14-36-17-6-3-15(4-7-17)26(34)35/h1-2,5,8,10,15,17H,3-4,6-7,9,11-14H2,(H,34,35)/t15-,17+. The van der Waals surface area contributed by atoms with E-state index < -0.39 is 22.6 Å². The van der Waals surface area contributed by atoms with Gasteiger partial charge in [-0.3, -0.25) is 9.59 Å². The van der Waals surface area contributed by atoms with Gasteiger partial charge in [0.25, 0.3) is 0 Å². The first-order chi connectivity index (χ1) is 17.3. The van der Waals surface area contributed by atoms with Crippen molar-refractivity contribution in [3.05, 3.63) is 63.9 Å². The molecule has 0 saturated heterocycles. The highest BCUT2D eigenvalue weighted by molar-refractivity contribution is 6.30. The SMILES string of the molecule is O=C(CO[C@H]1CC[C@@H](C(=O)O)CC1)N1CCc2c(n(Cc3ccc(F)c(Cl)c3F)c3ncccc23)C1. The molecule has 2 aromatic heterocycles. The molecule has 0 atom stereocenters. The first kappa shape index (κ1) is 24.6. The van der Waals surface area contributed by atoms with Crippen LogP contribution in [0.1, 0.15) is 42.5 Å². The average Bonchev–Trinajstić information content (AvgIpc) is 3.20. The minimum absolute atomic E-state index is 0.0710. The molecule has 10 heteroatoms. The highest BCUT2D eigenvalue weighted by Crippen LogP contribution is 2.32. The zero-order valence-electron chi connectivity index (χ0n) is 19.6. The second-order valence-electron chi connectivity index (χ2n) is 9.41. The molecule has 3 heterocycles. The highest BCUT2D eigenvalue weighted by atomic mass is 35.5. The summed E-state index contributed by atoms with van der Waals surface area (Å²) in [6.07, 6.45) is 4.52. The number of hydrogen-bond acceptors (Lipinski definition) is 4. The first-order valence-corrected chi connectivity index (χ1v) is 12.4. The van der Waals surface area contributed by atoms with Crippen LogP contribution in [0.4, 0.5) is 8.78 Å². The fraction of sp³-hybridized carbons (Fsp3) is 0.423. The Morgan fingerprint density at radius 3 is 2.69 bits per heavy atom. The number of benzene rings is 1. The molecular weight excluding hydrogens is 492 g/mol. The lowest BCUT2D eigenvalue weighted by molar-refractivity contribution is -0.146. The average molecular weight is 518 g/mol. The third kappa shape index (κ3) is 4.69. The van der Waals surface area contributed by atoms with Gasteiger partial charge >= 0.3 is 5.97 Å². The monoisotopic (exact) mass is 517 g/mol. The third-order valence-corrected chi connectivity index (χ3v) is 7.62. The summed E-state index contributed by atoms with van der Waals surface area (Å²) < 4.78 is 36.1. The number of ether oxygens (including phenoxy) is 1. The molecule has 1 aliphatic heterocycles. The van der Waals surface area contributed by atoms with Crippen molar-refractivity contribution in [2.24, 2.45) is 5.92 Å². The summed E-state index contributed by atoms with van der Waals surface area (Å²) in [5.41, 5.74) is 2.81. The summed E-state index contributed by atoms with van der Waals surface area (Å²) in [7, 11) is 0. The van der Waals surface area contributed by atoms with Gasteiger partial charge in [-0.1, -0.05) is 17.7 Å². The van der Waals surface area contributed by atoms with Crippen LogP contribution in [0.2, 0.25) is 5.02 Å². The zero-order valence-corrected chi connectivity index (χ0v) is 20.3. The summed E-state index contributed by atoms with van der Waals surface area (Å²) in [6.45, 7) is 0.861. The van der Waals surface area contributed by atoms with Gasteiger partial charge in [-0.25, -0.2) is 13.8 Å². The number of rotatable bonds is 6. The normalized spacial score (nSPS) is 19.9. The number of carbonyl (C=O) groups is 2. The molecule has 3 aromatic rings. The maximum Gasteiger partial charge on any atom is 0.306 e. The molecule has 0 radical (unpaired) electrons. The maximum absolute atomic E-state index is 14.7. The van der Waals surface area contributed by atoms with Gasteiger partial charge in [0.2, 0.25) is 5.91 Å². The number of amides is 1. The van der Waals surface area contributed by atoms with Crippen molar-refractivity contribution >= 4 is 34.5 Å². The molecular formula is C26H26ClF2N3O4. The van der Waals surface area contributed by atoms with Gasteiger partial charge in [-0.15, -0.1) is 0 Å². The largest absolute Gasteiger partial charge is 0.481 e. The van der Waals surface area contributed by atoms with Crippen LogP contribution >= 0.6 is 11.6 Å². The van der Waals surface area contributed by atoms with E-state index in [1.165, 1.54) is 6.07 Å². The summed E-state index contributed by atoms with van der Waals surface area (Å²) in [4.78, 5) is 30.4. The van der Waals surface area contributed by atoms with Gasteiger partial charge in [0.05, 0.1) is 25.1 Å². The molecule has 1 saturated carbocycles. The van der Waals surface area contributed by atoms with Crippen LogP contribution in [0.25, 0.3) is 11.0 Å². The Labute approximate surface area is 211 Å². The van der Waals surface area contributed by atoms with E-state index in [1.54, 1.807) is 11.1 Å². The van der Waals surface area contributed by atoms with Crippen molar-refractivity contribution in [1.82, 2.24) is 14.5 Å². The number of carbonyl (C=O) groups excluding carboxylic acids is 1. The number of fused-ring (bicyclic) bond motifs is 3. The summed E-state index contributed by atoms with van der Waals surface area (Å²) in [5, 5.41) is 9.55. The summed E-state index contributed by atoms with van der Waals surface area (Å²) in [6, 6.07) is 6.31. The van der Waals surface area contributed by atoms with Crippen LogP contribution in [0.3, 0.4) is 0 Å². The van der Waals surface area contributed by atoms with Crippen LogP contribution in [0, 0.1) is 17.6 Å². The van der Waals surface area contributed by atoms with Gasteiger partial charge in [-0.05, 0) is 55.9 Å². The Bertz CT molecular complexity index is 1320. The van der Waals surface area contributed by atoms with E-state index in [4.69, 9.17) is 21.4 Å². The van der Waals surface area contributed by atoms with Crippen molar-refractivity contribution in [1.29, 1.82) is 0 Å². The maximum atomic E-state index is 14.7. The lowest BCUT2D eigenvalue weighted by atomic mass is 9.87. The molecule has 1 fully saturated rings. The number of pyridine rings is 1. The van der Waals surface area contributed by atoms with E-state index in [9.17, 15) is 18.4 Å². The minimum atomic E-state index is -0.816. The van der Waals surface area contributed by atoms with Crippen LogP contribution in [0.5, 0.6) is 0 Å². The van der Waals surface area contributed by atoms with Crippen molar-refractivity contribution in [3.8, 4) is 0 Å². The summed E-state index contributed by atoms with van der Waals surface area (Å²) in [5.74, 6) is -2.89. The third-order valence-electron chi connectivity index (χ3n) is 7.28. The quantitative estimate of drug-likeness (QED) is 0.485. The van der Waals surface area contributed by atoms with Crippen molar-refractivity contribution in [2.75, 3.05) is 13.2 Å². The predicted octanol–water partition coefficient (Wildman–Crippen LogP) is 4.56. The number of carboxylic acid groups (broad SMARTS) is 1. The minimum Gasteiger partial charge on any atom is -0.481 e. The topological polar surface area (TPSA) is 84.7 Å². The number of hydrogen-bond donors (Lipinski definition) is 1. The Balaban J connectivity index is 1.33. The number of carboxylic acids is 1. The lowest BCUT2D eigenvalue weighted by Crippen LogP contribution is -2.40. The Kier molecular flexibility index (Phi) is 6.94. The van der Waals surface area contributed by atoms with Crippen LogP contribution in [-0.4, -0.2) is 50.7 Å². The molecule has 5 rings (SSSR count). The number of aliphatic carboxylic acids is 1. The zero-order chi connectivity index (χ0) is 25.4. The Hall–Kier alpha value is -3.04. The second-order valence-corrected chi connectivity index (χ2v) is 9.79. The molecule has 0 bridgehead atoms. The van der Waals surface area contributed by atoms with E-state index >= 15 is 0 Å². The van der Waals surface area contributed by atoms with E-state index in [0.29, 0.717) is 50.8 Å². The molecule has 0 spiro atoms. The predicted molar refractivity (Wildman–Crippen MR) is 129 cm³/mol. The lowest BCUT2D eigenvalue weighted by Gasteiger charge is -2.30. The van der Waals surface area contributed by atoms with E-state index in [0.717, 1.165) is 22.7 Å². The van der Waals surface area contributed by atoms with Crippen molar-refractivity contribution in [2.45, 2.75) is 51.3 Å². The van der Waals surface area contributed by atoms with E-state index in [1.807, 2.05) is 16.7 Å². The Morgan fingerprint density at radius 1 is 1.17 bits per heavy atom. The fourth-order valence-corrected chi connectivity index (χ4v) is 5.44. The molecule has 1 N–H and O–H groups in total. The molecule has 1 aliphatic carbocycles. The smallest absolute Gasteiger partial charge is 0.306 e. The van der Waals surface area contributed by atoms with Gasteiger partial charge < -0.3 is 19.3 Å². The second kappa shape index (κ2) is 10.1. The summed E-state index contributed by atoms with van der Waals surface area (Å²) >= 11 is 5.80. The van der Waals surface area contributed by atoms with Crippen LogP contribution in [-0.2, 0) is 33.8 Å². The molecule has 1 aromatic carbocycles. The van der Waals surface area contributed by atoms with Gasteiger partial charge in [-0.2, -0.15) is 0 Å². The van der Waals surface area contributed by atoms with Crippen LogP contribution in [0.15, 0.2) is 30.5 Å². The van der Waals surface area contributed by atoms with E-state index in [-0.39, 0.29) is 36.6 Å². The van der Waals surface area contributed by atoms with Gasteiger partial charge in [0, 0.05) is 29.4 Å². The van der Waals surface area contributed by atoms with Gasteiger partial charge in [0.15, 0.2) is 0 Å². The highest BCUT2D eigenvalue weighted by Gasteiger charge is 2.30. The molecule has 2 aliphatic rings. The number of aromatic nitrogens is 2. The molecule has 7 nitrogen and oxygen atoms in total. The molecule has 0 unspecified atom stereocenters. The molecule has 1 amide bonds. The van der Waals surface area contributed by atoms with E-state index in [2.05, 4.69) is 4.98 Å². The van der Waals surface area contributed by atoms with Crippen molar-refractivity contribution < 1.29 is 28.2 Å². The first-order valence-electron chi connectivity index (χ1n) is 12.0. The number of halogens is 3. The van der Waals surface area contributed by atoms with Crippen molar-refractivity contribution in [3.63, 3.8) is 0 Å². The molecule has 190 valence electrons. The van der Waals surface area contributed by atoms with Crippen LogP contribution < -0.4 is 0 Å². The van der Waals surface area contributed by atoms with Gasteiger partial charge in [0.1, 0.15) is 28.9 Å². The fourth-order valence-electron chi connectivity index (χ4n) is 5.26.